The van der Waals surface area contributed by atoms with Crippen LogP contribution in [0.1, 0.15) is 5.56 Å². The second-order valence-corrected chi connectivity index (χ2v) is 3.59. The summed E-state index contributed by atoms with van der Waals surface area (Å²) in [6.07, 6.45) is 3.61. The van der Waals surface area contributed by atoms with E-state index in [0.717, 1.165) is 16.7 Å². The van der Waals surface area contributed by atoms with Gasteiger partial charge in [-0.2, -0.15) is 5.10 Å². The van der Waals surface area contributed by atoms with Crippen LogP contribution in [-0.4, -0.2) is 9.78 Å². The smallest absolute Gasteiger partial charge is 0.146 e. The fourth-order valence-corrected chi connectivity index (χ4v) is 1.56. The number of benzene rings is 1. The molecule has 0 unspecified atom stereocenters. The SMILES string of the molecule is Cc1cc(F)c(N)cc1-c1cnn(C)c1. The predicted molar refractivity (Wildman–Crippen MR) is 57.8 cm³/mol. The third-order valence-electron chi connectivity index (χ3n) is 2.36. The van der Waals surface area contributed by atoms with E-state index < -0.39 is 0 Å². The second-order valence-electron chi connectivity index (χ2n) is 3.59. The number of halogens is 1. The van der Waals surface area contributed by atoms with E-state index in [9.17, 15) is 4.39 Å². The Hall–Kier alpha value is -1.84. The Labute approximate surface area is 87.3 Å². The average Bonchev–Trinajstić information content (AvgIpc) is 2.58. The van der Waals surface area contributed by atoms with Gasteiger partial charge in [-0.1, -0.05) is 0 Å². The maximum atomic E-state index is 13.1. The summed E-state index contributed by atoms with van der Waals surface area (Å²) in [6.45, 7) is 1.85. The molecule has 1 aromatic heterocycles. The Bertz CT molecular complexity index is 503. The highest BCUT2D eigenvalue weighted by Crippen LogP contribution is 2.26. The summed E-state index contributed by atoms with van der Waals surface area (Å²) in [7, 11) is 1.84. The molecular weight excluding hydrogens is 193 g/mol. The standard InChI is InChI=1S/C11H12FN3/c1-7-3-10(12)11(13)4-9(7)8-5-14-15(2)6-8/h3-6H,13H2,1-2H3. The van der Waals surface area contributed by atoms with Gasteiger partial charge in [0.05, 0.1) is 11.9 Å². The minimum atomic E-state index is -0.375. The lowest BCUT2D eigenvalue weighted by Gasteiger charge is -2.05. The van der Waals surface area contributed by atoms with Crippen molar-refractivity contribution in [3.05, 3.63) is 35.9 Å². The number of nitrogen functional groups attached to an aromatic ring is 1. The van der Waals surface area contributed by atoms with Crippen LogP contribution in [0.4, 0.5) is 10.1 Å². The van der Waals surface area contributed by atoms with Gasteiger partial charge in [0.25, 0.3) is 0 Å². The van der Waals surface area contributed by atoms with E-state index in [1.807, 2.05) is 20.2 Å². The molecule has 0 bridgehead atoms. The molecule has 0 atom stereocenters. The van der Waals surface area contributed by atoms with E-state index >= 15 is 0 Å². The van der Waals surface area contributed by atoms with Crippen LogP contribution < -0.4 is 5.73 Å². The Morgan fingerprint density at radius 3 is 2.73 bits per heavy atom. The van der Waals surface area contributed by atoms with Gasteiger partial charge in [0.1, 0.15) is 5.82 Å². The van der Waals surface area contributed by atoms with Gasteiger partial charge < -0.3 is 5.73 Å². The molecule has 3 nitrogen and oxygen atoms in total. The van der Waals surface area contributed by atoms with Gasteiger partial charge in [-0.15, -0.1) is 0 Å². The van der Waals surface area contributed by atoms with Crippen LogP contribution in [-0.2, 0) is 7.05 Å². The molecule has 0 spiro atoms. The lowest BCUT2D eigenvalue weighted by molar-refractivity contribution is 0.631. The maximum absolute atomic E-state index is 13.1. The van der Waals surface area contributed by atoms with E-state index in [-0.39, 0.29) is 11.5 Å². The molecule has 0 fully saturated rings. The van der Waals surface area contributed by atoms with E-state index in [4.69, 9.17) is 5.73 Å². The fraction of sp³-hybridized carbons (Fsp3) is 0.182. The van der Waals surface area contributed by atoms with Crippen LogP contribution in [0.5, 0.6) is 0 Å². The Kier molecular flexibility index (Phi) is 2.19. The first-order chi connectivity index (χ1) is 7.08. The van der Waals surface area contributed by atoms with Gasteiger partial charge in [0.2, 0.25) is 0 Å². The molecular formula is C11H12FN3. The van der Waals surface area contributed by atoms with Gasteiger partial charge >= 0.3 is 0 Å². The number of hydrogen-bond donors (Lipinski definition) is 1. The molecule has 0 aliphatic rings. The fourth-order valence-electron chi connectivity index (χ4n) is 1.56. The molecule has 0 radical (unpaired) electrons. The highest BCUT2D eigenvalue weighted by atomic mass is 19.1. The van der Waals surface area contributed by atoms with Gasteiger partial charge in [-0.25, -0.2) is 4.39 Å². The number of rotatable bonds is 1. The first kappa shape index (κ1) is 9.71. The molecule has 0 amide bonds. The zero-order chi connectivity index (χ0) is 11.0. The summed E-state index contributed by atoms with van der Waals surface area (Å²) in [5.41, 5.74) is 8.42. The quantitative estimate of drug-likeness (QED) is 0.725. The number of nitrogens with zero attached hydrogens (tertiary/aromatic N) is 2. The van der Waals surface area contributed by atoms with Crippen molar-refractivity contribution in [1.82, 2.24) is 9.78 Å². The van der Waals surface area contributed by atoms with Crippen molar-refractivity contribution in [3.8, 4) is 11.1 Å². The summed E-state index contributed by atoms with van der Waals surface area (Å²) < 4.78 is 14.8. The van der Waals surface area contributed by atoms with Gasteiger partial charge in [0.15, 0.2) is 0 Å². The van der Waals surface area contributed by atoms with Crippen molar-refractivity contribution in [3.63, 3.8) is 0 Å². The second kappa shape index (κ2) is 3.38. The van der Waals surface area contributed by atoms with Crippen LogP contribution in [0.3, 0.4) is 0 Å². The Morgan fingerprint density at radius 1 is 1.40 bits per heavy atom. The summed E-state index contributed by atoms with van der Waals surface area (Å²) in [5.74, 6) is -0.375. The lowest BCUT2D eigenvalue weighted by Crippen LogP contribution is -1.93. The maximum Gasteiger partial charge on any atom is 0.146 e. The highest BCUT2D eigenvalue weighted by molar-refractivity contribution is 5.70. The molecule has 4 heteroatoms. The third-order valence-corrected chi connectivity index (χ3v) is 2.36. The molecule has 0 aliphatic carbocycles. The van der Waals surface area contributed by atoms with Crippen molar-refractivity contribution in [1.29, 1.82) is 0 Å². The van der Waals surface area contributed by atoms with Crippen molar-refractivity contribution in [2.75, 3.05) is 5.73 Å². The largest absolute Gasteiger partial charge is 0.396 e. The van der Waals surface area contributed by atoms with Crippen molar-refractivity contribution >= 4 is 5.69 Å². The van der Waals surface area contributed by atoms with Crippen LogP contribution in [0.2, 0.25) is 0 Å². The van der Waals surface area contributed by atoms with Gasteiger partial charge in [-0.3, -0.25) is 4.68 Å². The first-order valence-electron chi connectivity index (χ1n) is 4.62. The summed E-state index contributed by atoms with van der Waals surface area (Å²) in [4.78, 5) is 0. The average molecular weight is 205 g/mol. The summed E-state index contributed by atoms with van der Waals surface area (Å²) in [5, 5.41) is 4.07. The van der Waals surface area contributed by atoms with Crippen molar-refractivity contribution in [2.24, 2.45) is 7.05 Å². The molecule has 78 valence electrons. The highest BCUT2D eigenvalue weighted by Gasteiger charge is 2.07. The summed E-state index contributed by atoms with van der Waals surface area (Å²) in [6, 6.07) is 3.08. The van der Waals surface area contributed by atoms with Crippen LogP contribution in [0, 0.1) is 12.7 Å². The molecule has 1 heterocycles. The van der Waals surface area contributed by atoms with Gasteiger partial charge in [0, 0.05) is 18.8 Å². The topological polar surface area (TPSA) is 43.8 Å². The van der Waals surface area contributed by atoms with Crippen LogP contribution in [0.15, 0.2) is 24.5 Å². The zero-order valence-corrected chi connectivity index (χ0v) is 8.66. The number of aryl methyl sites for hydroxylation is 2. The predicted octanol–water partition coefficient (Wildman–Crippen LogP) is 2.12. The van der Waals surface area contributed by atoms with Crippen LogP contribution in [0.25, 0.3) is 11.1 Å². The van der Waals surface area contributed by atoms with E-state index in [1.54, 1.807) is 16.9 Å². The number of hydrogen-bond acceptors (Lipinski definition) is 2. The Balaban J connectivity index is 2.58. The number of anilines is 1. The minimum absolute atomic E-state index is 0.166. The molecule has 0 saturated carbocycles. The number of nitrogens with two attached hydrogens (primary N) is 1. The van der Waals surface area contributed by atoms with Crippen molar-refractivity contribution < 1.29 is 4.39 Å². The number of aromatic nitrogens is 2. The normalized spacial score (nSPS) is 10.6. The molecule has 1 aromatic carbocycles. The Morgan fingerprint density at radius 2 is 2.13 bits per heavy atom. The third kappa shape index (κ3) is 1.70. The van der Waals surface area contributed by atoms with E-state index in [2.05, 4.69) is 5.10 Å². The minimum Gasteiger partial charge on any atom is -0.396 e. The van der Waals surface area contributed by atoms with E-state index in [1.165, 1.54) is 6.07 Å². The van der Waals surface area contributed by atoms with Gasteiger partial charge in [-0.05, 0) is 30.2 Å². The molecule has 0 aliphatic heterocycles. The summed E-state index contributed by atoms with van der Waals surface area (Å²) >= 11 is 0. The monoisotopic (exact) mass is 205 g/mol. The van der Waals surface area contributed by atoms with Crippen LogP contribution >= 0.6 is 0 Å². The van der Waals surface area contributed by atoms with E-state index in [0.29, 0.717) is 0 Å². The zero-order valence-electron chi connectivity index (χ0n) is 8.66. The molecule has 15 heavy (non-hydrogen) atoms. The molecule has 2 N–H and O–H groups in total. The lowest BCUT2D eigenvalue weighted by atomic mass is 10.0. The molecule has 2 rings (SSSR count). The molecule has 0 saturated heterocycles. The molecule has 2 aromatic rings. The first-order valence-corrected chi connectivity index (χ1v) is 4.62. The van der Waals surface area contributed by atoms with Crippen molar-refractivity contribution in [2.45, 2.75) is 6.92 Å².